The predicted molar refractivity (Wildman–Crippen MR) is 127 cm³/mol. The summed E-state index contributed by atoms with van der Waals surface area (Å²) in [5.74, 6) is 0.937. The molecule has 0 aliphatic heterocycles. The first-order chi connectivity index (χ1) is 15.4. The fraction of sp³-hybridized carbons (Fsp3) is 0.261. The van der Waals surface area contributed by atoms with E-state index in [2.05, 4.69) is 4.98 Å². The summed E-state index contributed by atoms with van der Waals surface area (Å²) in [5.41, 5.74) is 1.97. The number of aromatic amines is 1. The molecule has 0 saturated carbocycles. The normalized spacial score (nSPS) is 12.6. The van der Waals surface area contributed by atoms with Crippen LogP contribution in [0.3, 0.4) is 0 Å². The van der Waals surface area contributed by atoms with Gasteiger partial charge in [0.05, 0.1) is 38.9 Å². The molecule has 0 aliphatic carbocycles. The number of aromatic nitrogens is 1. The SMILES string of the molecule is COc1cc(C(=O)/C(=C/c2c[nH]c3ccc(Cl)cc23)SCC(O)CO)cc(OC)c1OC. The minimum atomic E-state index is -0.964. The highest BCUT2D eigenvalue weighted by molar-refractivity contribution is 8.04. The summed E-state index contributed by atoms with van der Waals surface area (Å²) in [6, 6.07) is 8.61. The van der Waals surface area contributed by atoms with Crippen LogP contribution in [-0.4, -0.2) is 60.8 Å². The van der Waals surface area contributed by atoms with Crippen molar-refractivity contribution in [2.45, 2.75) is 6.10 Å². The summed E-state index contributed by atoms with van der Waals surface area (Å²) in [5, 5.41) is 20.5. The molecule has 0 spiro atoms. The summed E-state index contributed by atoms with van der Waals surface area (Å²) in [7, 11) is 4.44. The number of allylic oxidation sites excluding steroid dienone is 1. The number of hydrogen-bond donors (Lipinski definition) is 3. The van der Waals surface area contributed by atoms with Crippen molar-refractivity contribution in [3.8, 4) is 17.2 Å². The number of ether oxygens (including phenoxy) is 3. The zero-order valence-electron chi connectivity index (χ0n) is 17.8. The second-order valence-corrected chi connectivity index (χ2v) is 8.33. The number of carbonyl (C=O) groups excluding carboxylic acids is 1. The molecule has 0 amide bonds. The number of hydrogen-bond acceptors (Lipinski definition) is 7. The molecule has 0 saturated heterocycles. The van der Waals surface area contributed by atoms with Gasteiger partial charge in [-0.2, -0.15) is 0 Å². The quantitative estimate of drug-likeness (QED) is 0.298. The molecule has 7 nitrogen and oxygen atoms in total. The lowest BCUT2D eigenvalue weighted by Crippen LogP contribution is -2.16. The molecule has 0 aliphatic rings. The fourth-order valence-electron chi connectivity index (χ4n) is 3.14. The fourth-order valence-corrected chi connectivity index (χ4v) is 4.25. The maximum absolute atomic E-state index is 13.5. The van der Waals surface area contributed by atoms with Gasteiger partial charge in [-0.1, -0.05) is 11.6 Å². The molecular weight excluding hydrogens is 454 g/mol. The molecule has 3 aromatic rings. The molecule has 3 N–H and O–H groups in total. The van der Waals surface area contributed by atoms with Gasteiger partial charge >= 0.3 is 0 Å². The van der Waals surface area contributed by atoms with Crippen molar-refractivity contribution in [1.29, 1.82) is 0 Å². The smallest absolute Gasteiger partial charge is 0.203 e. The van der Waals surface area contributed by atoms with E-state index in [1.165, 1.54) is 21.3 Å². The Kier molecular flexibility index (Phi) is 8.09. The van der Waals surface area contributed by atoms with E-state index >= 15 is 0 Å². The number of carbonyl (C=O) groups is 1. The lowest BCUT2D eigenvalue weighted by atomic mass is 10.1. The lowest BCUT2D eigenvalue weighted by molar-refractivity contribution is 0.104. The molecule has 1 heterocycles. The number of H-pyrrole nitrogens is 1. The Morgan fingerprint density at radius 3 is 2.44 bits per heavy atom. The largest absolute Gasteiger partial charge is 0.493 e. The molecular formula is C23H24ClNO6S. The Morgan fingerprint density at radius 2 is 1.84 bits per heavy atom. The maximum Gasteiger partial charge on any atom is 0.203 e. The topological polar surface area (TPSA) is 101 Å². The molecule has 0 bridgehead atoms. The summed E-state index contributed by atoms with van der Waals surface area (Å²) >= 11 is 7.30. The minimum Gasteiger partial charge on any atom is -0.493 e. The average Bonchev–Trinajstić information content (AvgIpc) is 3.21. The second kappa shape index (κ2) is 10.8. The Bertz CT molecular complexity index is 1120. The first-order valence-electron chi connectivity index (χ1n) is 9.66. The molecule has 170 valence electrons. The van der Waals surface area contributed by atoms with Gasteiger partial charge in [-0.25, -0.2) is 0 Å². The number of Topliss-reactive ketones (excluding diaryl/α,β-unsaturated/α-hetero) is 1. The van der Waals surface area contributed by atoms with Crippen LogP contribution < -0.4 is 14.2 Å². The summed E-state index contributed by atoms with van der Waals surface area (Å²) < 4.78 is 16.1. The van der Waals surface area contributed by atoms with Gasteiger partial charge < -0.3 is 29.4 Å². The van der Waals surface area contributed by atoms with Gasteiger partial charge in [-0.15, -0.1) is 11.8 Å². The number of aliphatic hydroxyl groups is 2. The molecule has 3 rings (SSSR count). The molecule has 1 atom stereocenters. The van der Waals surface area contributed by atoms with Crippen LogP contribution in [0.2, 0.25) is 5.02 Å². The van der Waals surface area contributed by atoms with Crippen LogP contribution in [0.1, 0.15) is 15.9 Å². The first-order valence-corrected chi connectivity index (χ1v) is 11.0. The van der Waals surface area contributed by atoms with Gasteiger partial charge in [-0.3, -0.25) is 4.79 Å². The van der Waals surface area contributed by atoms with Crippen LogP contribution >= 0.6 is 23.4 Å². The van der Waals surface area contributed by atoms with Crippen LogP contribution in [-0.2, 0) is 0 Å². The summed E-state index contributed by atoms with van der Waals surface area (Å²) in [4.78, 5) is 17.0. The van der Waals surface area contributed by atoms with Crippen LogP contribution in [0, 0.1) is 0 Å². The van der Waals surface area contributed by atoms with Crippen molar-refractivity contribution in [3.05, 3.63) is 57.6 Å². The second-order valence-electron chi connectivity index (χ2n) is 6.83. The van der Waals surface area contributed by atoms with Crippen molar-refractivity contribution >= 4 is 46.1 Å². The number of ketones is 1. The maximum atomic E-state index is 13.5. The zero-order chi connectivity index (χ0) is 23.3. The molecule has 0 radical (unpaired) electrons. The molecule has 0 fully saturated rings. The third-order valence-electron chi connectivity index (χ3n) is 4.76. The number of halogens is 1. The van der Waals surface area contributed by atoms with Crippen LogP contribution in [0.15, 0.2) is 41.4 Å². The number of methoxy groups -OCH3 is 3. The monoisotopic (exact) mass is 477 g/mol. The predicted octanol–water partition coefficient (Wildman–Crippen LogP) is 4.16. The van der Waals surface area contributed by atoms with Gasteiger partial charge in [0.25, 0.3) is 0 Å². The number of rotatable bonds is 10. The Balaban J connectivity index is 2.08. The van der Waals surface area contributed by atoms with Gasteiger partial charge in [0.15, 0.2) is 17.3 Å². The Morgan fingerprint density at radius 1 is 1.16 bits per heavy atom. The first kappa shape index (κ1) is 24.0. The van der Waals surface area contributed by atoms with E-state index in [-0.39, 0.29) is 11.5 Å². The van der Waals surface area contributed by atoms with Crippen molar-refractivity contribution in [1.82, 2.24) is 4.98 Å². The third-order valence-corrected chi connectivity index (χ3v) is 6.16. The van der Waals surface area contributed by atoms with E-state index in [1.54, 1.807) is 30.5 Å². The summed E-state index contributed by atoms with van der Waals surface area (Å²) in [6.07, 6.45) is 2.55. The van der Waals surface area contributed by atoms with E-state index in [9.17, 15) is 15.0 Å². The number of aliphatic hydroxyl groups excluding tert-OH is 2. The molecule has 9 heteroatoms. The summed E-state index contributed by atoms with van der Waals surface area (Å²) in [6.45, 7) is -0.401. The zero-order valence-corrected chi connectivity index (χ0v) is 19.4. The Hall–Kier alpha value is -2.65. The van der Waals surface area contributed by atoms with E-state index in [0.29, 0.717) is 32.7 Å². The highest BCUT2D eigenvalue weighted by Gasteiger charge is 2.21. The lowest BCUT2D eigenvalue weighted by Gasteiger charge is -2.15. The van der Waals surface area contributed by atoms with E-state index < -0.39 is 12.7 Å². The number of benzene rings is 2. The van der Waals surface area contributed by atoms with Crippen LogP contribution in [0.5, 0.6) is 17.2 Å². The van der Waals surface area contributed by atoms with E-state index in [0.717, 1.165) is 28.2 Å². The van der Waals surface area contributed by atoms with Gasteiger partial charge in [0.1, 0.15) is 0 Å². The number of fused-ring (bicyclic) bond motifs is 1. The van der Waals surface area contributed by atoms with Crippen LogP contribution in [0.25, 0.3) is 17.0 Å². The van der Waals surface area contributed by atoms with E-state index in [4.69, 9.17) is 25.8 Å². The van der Waals surface area contributed by atoms with Crippen molar-refractivity contribution in [2.75, 3.05) is 33.7 Å². The highest BCUT2D eigenvalue weighted by atomic mass is 35.5. The molecule has 1 unspecified atom stereocenters. The standard InChI is InChI=1S/C23H24ClNO6S/c1-29-19-6-13(7-20(30-2)23(19)31-3)22(28)21(32-12-16(27)11-26)8-14-10-25-18-5-4-15(24)9-17(14)18/h4-10,16,25-27H,11-12H2,1-3H3/b21-8-. The highest BCUT2D eigenvalue weighted by Crippen LogP contribution is 2.39. The van der Waals surface area contributed by atoms with Crippen molar-refractivity contribution < 1.29 is 29.2 Å². The van der Waals surface area contributed by atoms with Crippen LogP contribution in [0.4, 0.5) is 0 Å². The van der Waals surface area contributed by atoms with Gasteiger partial charge in [-0.05, 0) is 36.4 Å². The minimum absolute atomic E-state index is 0.140. The van der Waals surface area contributed by atoms with Gasteiger partial charge in [0.2, 0.25) is 5.75 Å². The number of nitrogens with one attached hydrogen (secondary N) is 1. The van der Waals surface area contributed by atoms with Crippen molar-refractivity contribution in [2.24, 2.45) is 0 Å². The molecule has 32 heavy (non-hydrogen) atoms. The Labute approximate surface area is 194 Å². The average molecular weight is 478 g/mol. The number of thioether (sulfide) groups is 1. The van der Waals surface area contributed by atoms with E-state index in [1.807, 2.05) is 12.1 Å². The van der Waals surface area contributed by atoms with Gasteiger partial charge in [0, 0.05) is 39.0 Å². The molecule has 2 aromatic carbocycles. The molecule has 1 aromatic heterocycles. The third kappa shape index (κ3) is 5.21. The van der Waals surface area contributed by atoms with Crippen molar-refractivity contribution in [3.63, 3.8) is 0 Å².